The lowest BCUT2D eigenvalue weighted by molar-refractivity contribution is -0.159. The van der Waals surface area contributed by atoms with Crippen LogP contribution in [-0.4, -0.2) is 27.6 Å². The number of aliphatic hydroxyl groups is 2. The molecule has 0 fully saturated rings. The number of carboxylic acid groups (broad SMARTS) is 1. The van der Waals surface area contributed by atoms with E-state index in [4.69, 9.17) is 15.3 Å². The van der Waals surface area contributed by atoms with Gasteiger partial charge in [0.25, 0.3) is 0 Å². The number of rotatable bonds is 15. The summed E-state index contributed by atoms with van der Waals surface area (Å²) in [7, 11) is 0. The summed E-state index contributed by atoms with van der Waals surface area (Å²) in [6.45, 7) is 2.22. The molecule has 0 saturated carbocycles. The van der Waals surface area contributed by atoms with Crippen LogP contribution in [0.5, 0.6) is 0 Å². The highest BCUT2D eigenvalue weighted by Gasteiger charge is 2.23. The van der Waals surface area contributed by atoms with E-state index in [-0.39, 0.29) is 0 Å². The quantitative estimate of drug-likeness (QED) is 0.236. The van der Waals surface area contributed by atoms with E-state index in [1.165, 1.54) is 25.7 Å². The van der Waals surface area contributed by atoms with E-state index in [0.717, 1.165) is 38.5 Å². The minimum Gasteiger partial charge on any atom is -0.481 e. The highest BCUT2D eigenvalue weighted by atomic mass is 16.5. The molecule has 0 heterocycles. The molecule has 0 bridgehead atoms. The van der Waals surface area contributed by atoms with Gasteiger partial charge < -0.3 is 15.3 Å². The molecule has 134 valence electrons. The van der Waals surface area contributed by atoms with Crippen molar-refractivity contribution >= 4 is 5.97 Å². The molecule has 0 aliphatic rings. The molecule has 23 heavy (non-hydrogen) atoms. The van der Waals surface area contributed by atoms with Crippen LogP contribution in [0.15, 0.2) is 24.3 Å². The molecular weight excluding hydrogens is 292 g/mol. The normalized spacial score (nSPS) is 13.4. The van der Waals surface area contributed by atoms with Crippen LogP contribution in [0.25, 0.3) is 0 Å². The summed E-state index contributed by atoms with van der Waals surface area (Å²) in [6.07, 6.45) is 18.3. The smallest absolute Gasteiger partial charge is 0.311 e. The SMILES string of the molecule is CCCCC/C=C\C/C=C\CCCCCCC(C(=O)O)C(O)O. The second-order valence-electron chi connectivity index (χ2n) is 6.02. The Morgan fingerprint density at radius 1 is 0.870 bits per heavy atom. The molecule has 4 nitrogen and oxygen atoms in total. The molecule has 1 atom stereocenters. The third-order valence-electron chi connectivity index (χ3n) is 3.89. The Bertz CT molecular complexity index is 334. The van der Waals surface area contributed by atoms with Gasteiger partial charge >= 0.3 is 5.97 Å². The second kappa shape index (κ2) is 15.8. The number of carbonyl (C=O) groups is 1. The molecule has 0 aromatic heterocycles. The van der Waals surface area contributed by atoms with Crippen LogP contribution < -0.4 is 0 Å². The molecule has 3 N–H and O–H groups in total. The van der Waals surface area contributed by atoms with E-state index in [0.29, 0.717) is 6.42 Å². The zero-order valence-electron chi connectivity index (χ0n) is 14.5. The first-order chi connectivity index (χ1) is 11.1. The van der Waals surface area contributed by atoms with E-state index in [1.807, 2.05) is 0 Å². The van der Waals surface area contributed by atoms with Crippen molar-refractivity contribution in [2.75, 3.05) is 0 Å². The molecular formula is C19H34O4. The molecule has 0 aromatic carbocycles. The average molecular weight is 326 g/mol. The summed E-state index contributed by atoms with van der Waals surface area (Å²) in [5.74, 6) is -2.19. The Hall–Kier alpha value is -1.13. The van der Waals surface area contributed by atoms with Crippen molar-refractivity contribution in [3.05, 3.63) is 24.3 Å². The van der Waals surface area contributed by atoms with Crippen LogP contribution in [0.3, 0.4) is 0 Å². The number of hydrogen-bond acceptors (Lipinski definition) is 3. The molecule has 0 rings (SSSR count). The first-order valence-corrected chi connectivity index (χ1v) is 8.98. The molecule has 0 amide bonds. The number of unbranched alkanes of at least 4 members (excludes halogenated alkanes) is 7. The van der Waals surface area contributed by atoms with Crippen LogP contribution in [-0.2, 0) is 4.79 Å². The van der Waals surface area contributed by atoms with Crippen LogP contribution in [0.4, 0.5) is 0 Å². The van der Waals surface area contributed by atoms with Gasteiger partial charge in [0.2, 0.25) is 0 Å². The monoisotopic (exact) mass is 326 g/mol. The summed E-state index contributed by atoms with van der Waals surface area (Å²) >= 11 is 0. The summed E-state index contributed by atoms with van der Waals surface area (Å²) < 4.78 is 0. The zero-order valence-corrected chi connectivity index (χ0v) is 14.5. The van der Waals surface area contributed by atoms with Crippen LogP contribution in [0.2, 0.25) is 0 Å². The van der Waals surface area contributed by atoms with Gasteiger partial charge in [0.1, 0.15) is 5.92 Å². The summed E-state index contributed by atoms with van der Waals surface area (Å²) in [4.78, 5) is 10.8. The Morgan fingerprint density at radius 2 is 1.43 bits per heavy atom. The van der Waals surface area contributed by atoms with Gasteiger partial charge in [-0.05, 0) is 38.5 Å². The predicted molar refractivity (Wildman–Crippen MR) is 94.1 cm³/mol. The predicted octanol–water partition coefficient (Wildman–Crippen LogP) is 4.42. The fourth-order valence-electron chi connectivity index (χ4n) is 2.40. The van der Waals surface area contributed by atoms with Gasteiger partial charge in [-0.1, -0.05) is 63.3 Å². The largest absolute Gasteiger partial charge is 0.481 e. The molecule has 0 aromatic rings. The van der Waals surface area contributed by atoms with Gasteiger partial charge in [-0.2, -0.15) is 0 Å². The van der Waals surface area contributed by atoms with Gasteiger partial charge in [-0.3, -0.25) is 4.79 Å². The lowest BCUT2D eigenvalue weighted by Gasteiger charge is -2.13. The highest BCUT2D eigenvalue weighted by Crippen LogP contribution is 2.14. The average Bonchev–Trinajstić information content (AvgIpc) is 2.50. The molecule has 1 unspecified atom stereocenters. The molecule has 0 radical (unpaired) electrons. The number of aliphatic hydroxyl groups excluding tert-OH is 1. The van der Waals surface area contributed by atoms with E-state index < -0.39 is 18.2 Å². The number of carboxylic acids is 1. The third-order valence-corrected chi connectivity index (χ3v) is 3.89. The van der Waals surface area contributed by atoms with Crippen molar-refractivity contribution in [3.8, 4) is 0 Å². The van der Waals surface area contributed by atoms with Crippen molar-refractivity contribution in [2.45, 2.75) is 83.8 Å². The first-order valence-electron chi connectivity index (χ1n) is 8.98. The second-order valence-corrected chi connectivity index (χ2v) is 6.02. The lowest BCUT2D eigenvalue weighted by atomic mass is 10.00. The topological polar surface area (TPSA) is 77.8 Å². The van der Waals surface area contributed by atoms with Gasteiger partial charge in [-0.15, -0.1) is 0 Å². The molecule has 4 heteroatoms. The molecule has 0 spiro atoms. The Kier molecular flexibility index (Phi) is 15.0. The zero-order chi connectivity index (χ0) is 17.3. The fraction of sp³-hybridized carbons (Fsp3) is 0.737. The third kappa shape index (κ3) is 14.2. The van der Waals surface area contributed by atoms with Crippen molar-refractivity contribution in [3.63, 3.8) is 0 Å². The van der Waals surface area contributed by atoms with Crippen LogP contribution in [0.1, 0.15) is 77.6 Å². The van der Waals surface area contributed by atoms with Crippen molar-refractivity contribution in [1.82, 2.24) is 0 Å². The Labute approximate surface area is 140 Å². The lowest BCUT2D eigenvalue weighted by Crippen LogP contribution is -2.27. The van der Waals surface area contributed by atoms with Gasteiger partial charge in [0.05, 0.1) is 0 Å². The van der Waals surface area contributed by atoms with E-state index in [2.05, 4.69) is 31.2 Å². The maximum Gasteiger partial charge on any atom is 0.311 e. The van der Waals surface area contributed by atoms with E-state index >= 15 is 0 Å². The highest BCUT2D eigenvalue weighted by molar-refractivity contribution is 5.70. The fourth-order valence-corrected chi connectivity index (χ4v) is 2.40. The molecule has 0 saturated heterocycles. The maximum absolute atomic E-state index is 10.8. The number of allylic oxidation sites excluding steroid dienone is 4. The molecule has 0 aliphatic carbocycles. The van der Waals surface area contributed by atoms with Crippen molar-refractivity contribution < 1.29 is 20.1 Å². The summed E-state index contributed by atoms with van der Waals surface area (Å²) in [6, 6.07) is 0. The Morgan fingerprint density at radius 3 is 1.96 bits per heavy atom. The van der Waals surface area contributed by atoms with Gasteiger partial charge in [0, 0.05) is 0 Å². The summed E-state index contributed by atoms with van der Waals surface area (Å²) in [5.41, 5.74) is 0. The minimum atomic E-state index is -1.76. The van der Waals surface area contributed by atoms with Gasteiger partial charge in [-0.25, -0.2) is 0 Å². The maximum atomic E-state index is 10.8. The van der Waals surface area contributed by atoms with Crippen molar-refractivity contribution in [1.29, 1.82) is 0 Å². The van der Waals surface area contributed by atoms with Crippen LogP contribution in [0, 0.1) is 5.92 Å². The Balaban J connectivity index is 3.45. The van der Waals surface area contributed by atoms with Gasteiger partial charge in [0.15, 0.2) is 6.29 Å². The summed E-state index contributed by atoms with van der Waals surface area (Å²) in [5, 5.41) is 26.7. The number of hydrogen-bond donors (Lipinski definition) is 3. The first kappa shape index (κ1) is 21.9. The van der Waals surface area contributed by atoms with E-state index in [1.54, 1.807) is 0 Å². The number of aliphatic carboxylic acids is 1. The van der Waals surface area contributed by atoms with Crippen molar-refractivity contribution in [2.24, 2.45) is 5.92 Å². The van der Waals surface area contributed by atoms with E-state index in [9.17, 15) is 4.79 Å². The van der Waals surface area contributed by atoms with Crippen LogP contribution >= 0.6 is 0 Å². The standard InChI is InChI=1S/C19H34O4/c1-2-3-4-5-6-7-8-9-10-11-12-13-14-15-16-17(18(20)21)19(22)23/h6-7,9-10,17-18,20-21H,2-5,8,11-16H2,1H3,(H,22,23)/b7-6-,10-9-. The minimum absolute atomic E-state index is 0.325. The molecule has 0 aliphatic heterocycles.